The molecule has 0 bridgehead atoms. The van der Waals surface area contributed by atoms with E-state index in [2.05, 4.69) is 38.2 Å². The summed E-state index contributed by atoms with van der Waals surface area (Å²) in [4.78, 5) is 12.7. The van der Waals surface area contributed by atoms with E-state index >= 15 is 0 Å². The van der Waals surface area contributed by atoms with Crippen molar-refractivity contribution in [1.29, 1.82) is 0 Å². The van der Waals surface area contributed by atoms with Gasteiger partial charge in [-0.3, -0.25) is 4.79 Å². The Labute approximate surface area is 189 Å². The van der Waals surface area contributed by atoms with Gasteiger partial charge < -0.3 is 14.8 Å². The van der Waals surface area contributed by atoms with Crippen LogP contribution in [-0.4, -0.2) is 12.5 Å². The van der Waals surface area contributed by atoms with Gasteiger partial charge in [0.1, 0.15) is 18.1 Å². The number of para-hydroxylation sites is 1. The van der Waals surface area contributed by atoms with Gasteiger partial charge in [0.05, 0.1) is 17.3 Å². The van der Waals surface area contributed by atoms with Crippen LogP contribution in [0.1, 0.15) is 49.2 Å². The van der Waals surface area contributed by atoms with Gasteiger partial charge in [0, 0.05) is 11.1 Å². The third-order valence-corrected chi connectivity index (χ3v) is 5.19. The molecule has 4 nitrogen and oxygen atoms in total. The molecule has 162 valence electrons. The summed E-state index contributed by atoms with van der Waals surface area (Å²) in [6.45, 7) is 9.27. The molecule has 3 aromatic carbocycles. The summed E-state index contributed by atoms with van der Waals surface area (Å²) in [5.74, 6) is 1.22. The van der Waals surface area contributed by atoms with Crippen molar-refractivity contribution in [3.8, 4) is 11.5 Å². The minimum atomic E-state index is -0.244. The van der Waals surface area contributed by atoms with Crippen LogP contribution < -0.4 is 14.8 Å². The van der Waals surface area contributed by atoms with Crippen molar-refractivity contribution >= 4 is 23.2 Å². The third kappa shape index (κ3) is 6.02. The van der Waals surface area contributed by atoms with Crippen molar-refractivity contribution in [2.75, 3.05) is 11.9 Å². The molecule has 0 heterocycles. The Bertz CT molecular complexity index is 1040. The number of ether oxygens (including phenoxy) is 2. The zero-order valence-electron chi connectivity index (χ0n) is 18.4. The summed E-state index contributed by atoms with van der Waals surface area (Å²) < 4.78 is 11.7. The Morgan fingerprint density at radius 2 is 1.68 bits per heavy atom. The molecular weight excluding hydrogens is 410 g/mol. The highest BCUT2D eigenvalue weighted by molar-refractivity contribution is 6.33. The van der Waals surface area contributed by atoms with E-state index in [9.17, 15) is 4.79 Å². The van der Waals surface area contributed by atoms with Crippen molar-refractivity contribution in [3.63, 3.8) is 0 Å². The Kier molecular flexibility index (Phi) is 7.24. The summed E-state index contributed by atoms with van der Waals surface area (Å²) in [6, 6.07) is 20.6. The second-order valence-electron chi connectivity index (χ2n) is 8.25. The molecule has 0 fully saturated rings. The minimum absolute atomic E-state index is 0.0873. The number of hydrogen-bond donors (Lipinski definition) is 1. The van der Waals surface area contributed by atoms with Crippen molar-refractivity contribution < 1.29 is 14.3 Å². The lowest BCUT2D eigenvalue weighted by molar-refractivity contribution is 0.102. The molecule has 3 rings (SSSR count). The van der Waals surface area contributed by atoms with E-state index in [1.54, 1.807) is 30.3 Å². The summed E-state index contributed by atoms with van der Waals surface area (Å²) >= 11 is 6.16. The second kappa shape index (κ2) is 9.88. The van der Waals surface area contributed by atoms with Crippen LogP contribution in [0.3, 0.4) is 0 Å². The van der Waals surface area contributed by atoms with Gasteiger partial charge in [-0.25, -0.2) is 0 Å². The number of hydrogen-bond acceptors (Lipinski definition) is 3. The van der Waals surface area contributed by atoms with Crippen LogP contribution in [0.5, 0.6) is 11.5 Å². The normalized spacial score (nSPS) is 11.1. The van der Waals surface area contributed by atoms with E-state index in [0.29, 0.717) is 28.6 Å². The highest BCUT2D eigenvalue weighted by Crippen LogP contribution is 2.27. The molecular formula is C26H28ClNO3. The van der Waals surface area contributed by atoms with Crippen LogP contribution in [0, 0.1) is 0 Å². The first-order chi connectivity index (χ1) is 14.8. The summed E-state index contributed by atoms with van der Waals surface area (Å²) in [7, 11) is 0. The molecule has 1 N–H and O–H groups in total. The highest BCUT2D eigenvalue weighted by atomic mass is 35.5. The molecule has 0 aliphatic carbocycles. The van der Waals surface area contributed by atoms with Crippen molar-refractivity contribution in [3.05, 3.63) is 88.4 Å². The maximum atomic E-state index is 12.7. The molecule has 0 unspecified atom stereocenters. The van der Waals surface area contributed by atoms with Crippen molar-refractivity contribution in [2.24, 2.45) is 0 Å². The number of halogens is 1. The van der Waals surface area contributed by atoms with E-state index in [4.69, 9.17) is 21.1 Å². The van der Waals surface area contributed by atoms with Gasteiger partial charge in [0.25, 0.3) is 5.91 Å². The van der Waals surface area contributed by atoms with Crippen molar-refractivity contribution in [1.82, 2.24) is 0 Å². The Morgan fingerprint density at radius 1 is 0.968 bits per heavy atom. The molecule has 0 spiro atoms. The molecule has 0 radical (unpaired) electrons. The number of amides is 1. The zero-order valence-corrected chi connectivity index (χ0v) is 19.1. The highest BCUT2D eigenvalue weighted by Gasteiger charge is 2.15. The standard InChI is InChI=1S/C26H28ClNO3/c1-5-30-24-15-10-18(25(29)28-23-9-7-6-8-22(23)27)16-19(24)17-31-21-13-11-20(12-14-21)26(2,3)4/h6-16H,5,17H2,1-4H3,(H,28,29). The average molecular weight is 438 g/mol. The van der Waals surface area contributed by atoms with Crippen LogP contribution >= 0.6 is 11.6 Å². The lowest BCUT2D eigenvalue weighted by atomic mass is 9.87. The Hall–Kier alpha value is -2.98. The third-order valence-electron chi connectivity index (χ3n) is 4.86. The van der Waals surface area contributed by atoms with Gasteiger partial charge in [-0.15, -0.1) is 0 Å². The largest absolute Gasteiger partial charge is 0.493 e. The van der Waals surface area contributed by atoms with Gasteiger partial charge >= 0.3 is 0 Å². The number of anilines is 1. The lowest BCUT2D eigenvalue weighted by Crippen LogP contribution is -2.13. The fraction of sp³-hybridized carbons (Fsp3) is 0.269. The molecule has 5 heteroatoms. The first-order valence-corrected chi connectivity index (χ1v) is 10.7. The van der Waals surface area contributed by atoms with E-state index in [-0.39, 0.29) is 17.9 Å². The Balaban J connectivity index is 1.77. The predicted molar refractivity (Wildman–Crippen MR) is 126 cm³/mol. The van der Waals surface area contributed by atoms with Crippen LogP contribution in [0.2, 0.25) is 5.02 Å². The maximum Gasteiger partial charge on any atom is 0.255 e. The van der Waals surface area contributed by atoms with Gasteiger partial charge in [-0.05, 0) is 60.4 Å². The molecule has 0 aliphatic rings. The number of rotatable bonds is 7. The van der Waals surface area contributed by atoms with E-state index < -0.39 is 0 Å². The number of benzene rings is 3. The van der Waals surface area contributed by atoms with E-state index in [1.807, 2.05) is 31.2 Å². The van der Waals surface area contributed by atoms with Crippen molar-refractivity contribution in [2.45, 2.75) is 39.7 Å². The second-order valence-corrected chi connectivity index (χ2v) is 8.66. The fourth-order valence-corrected chi connectivity index (χ4v) is 3.28. The van der Waals surface area contributed by atoms with Crippen LogP contribution in [-0.2, 0) is 12.0 Å². The van der Waals surface area contributed by atoms with Crippen LogP contribution in [0.15, 0.2) is 66.7 Å². The van der Waals surface area contributed by atoms with Gasteiger partial charge in [-0.2, -0.15) is 0 Å². The average Bonchev–Trinajstić information content (AvgIpc) is 2.74. The SMILES string of the molecule is CCOc1ccc(C(=O)Nc2ccccc2Cl)cc1COc1ccc(C(C)(C)C)cc1. The van der Waals surface area contributed by atoms with E-state index in [0.717, 1.165) is 11.3 Å². The molecule has 0 saturated carbocycles. The zero-order chi connectivity index (χ0) is 22.4. The van der Waals surface area contributed by atoms with Crippen LogP contribution in [0.25, 0.3) is 0 Å². The fourth-order valence-electron chi connectivity index (χ4n) is 3.10. The van der Waals surface area contributed by atoms with Gasteiger partial charge in [0.2, 0.25) is 0 Å². The smallest absolute Gasteiger partial charge is 0.255 e. The summed E-state index contributed by atoms with van der Waals surface area (Å²) in [6.07, 6.45) is 0. The van der Waals surface area contributed by atoms with Crippen LogP contribution in [0.4, 0.5) is 5.69 Å². The number of carbonyl (C=O) groups excluding carboxylic acids is 1. The van der Waals surface area contributed by atoms with Gasteiger partial charge in [0.15, 0.2) is 0 Å². The quantitative estimate of drug-likeness (QED) is 0.438. The molecule has 0 aliphatic heterocycles. The minimum Gasteiger partial charge on any atom is -0.493 e. The summed E-state index contributed by atoms with van der Waals surface area (Å²) in [5.41, 5.74) is 3.20. The lowest BCUT2D eigenvalue weighted by Gasteiger charge is -2.19. The monoisotopic (exact) mass is 437 g/mol. The van der Waals surface area contributed by atoms with Gasteiger partial charge in [-0.1, -0.05) is 56.6 Å². The molecule has 0 aromatic heterocycles. The molecule has 0 saturated heterocycles. The molecule has 31 heavy (non-hydrogen) atoms. The molecule has 0 atom stereocenters. The summed E-state index contributed by atoms with van der Waals surface area (Å²) in [5, 5.41) is 3.34. The number of nitrogens with one attached hydrogen (secondary N) is 1. The molecule has 3 aromatic rings. The number of carbonyl (C=O) groups is 1. The molecule has 1 amide bonds. The topological polar surface area (TPSA) is 47.6 Å². The Morgan fingerprint density at radius 3 is 2.32 bits per heavy atom. The maximum absolute atomic E-state index is 12.7. The first-order valence-electron chi connectivity index (χ1n) is 10.3. The first kappa shape index (κ1) is 22.7. The van der Waals surface area contributed by atoms with E-state index in [1.165, 1.54) is 5.56 Å². The predicted octanol–water partition coefficient (Wildman–Crippen LogP) is 6.87.